The molecule has 0 bridgehead atoms. The van der Waals surface area contributed by atoms with E-state index in [9.17, 15) is 0 Å². The van der Waals surface area contributed by atoms with E-state index in [2.05, 4.69) is 108 Å². The summed E-state index contributed by atoms with van der Waals surface area (Å²) in [7, 11) is 0. The van der Waals surface area contributed by atoms with Crippen LogP contribution < -0.4 is 4.90 Å². The van der Waals surface area contributed by atoms with Crippen LogP contribution in [-0.2, 0) is 0 Å². The van der Waals surface area contributed by atoms with E-state index in [0.717, 1.165) is 72.1 Å². The van der Waals surface area contributed by atoms with Gasteiger partial charge in [-0.1, -0.05) is 91.0 Å². The van der Waals surface area contributed by atoms with E-state index in [1.54, 1.807) is 0 Å². The molecule has 0 aliphatic carbocycles. The van der Waals surface area contributed by atoms with E-state index >= 15 is 0 Å². The van der Waals surface area contributed by atoms with Gasteiger partial charge in [-0.05, 0) is 54.1 Å². The summed E-state index contributed by atoms with van der Waals surface area (Å²) in [4.78, 5) is 2.30. The Balaban J connectivity index is 1.55. The Morgan fingerprint density at radius 3 is 1.67 bits per heavy atom. The van der Waals surface area contributed by atoms with Crippen molar-refractivity contribution in [2.75, 3.05) is 4.90 Å². The number of hydrogen-bond acceptors (Lipinski definition) is 3. The summed E-state index contributed by atoms with van der Waals surface area (Å²) in [5.74, 6) is 0. The van der Waals surface area contributed by atoms with E-state index in [-0.39, 0.29) is 0 Å². The van der Waals surface area contributed by atoms with Crippen molar-refractivity contribution in [3.63, 3.8) is 0 Å². The van der Waals surface area contributed by atoms with Crippen LogP contribution in [0.3, 0.4) is 0 Å². The molecule has 0 radical (unpaired) electrons. The van der Waals surface area contributed by atoms with E-state index in [0.29, 0.717) is 0 Å². The van der Waals surface area contributed by atoms with Gasteiger partial charge in [-0.15, -0.1) is 0 Å². The van der Waals surface area contributed by atoms with Crippen molar-refractivity contribution in [3.8, 4) is 11.1 Å². The number of nitrogens with zero attached hydrogens (tertiary/aromatic N) is 1. The summed E-state index contributed by atoms with van der Waals surface area (Å²) in [6.07, 6.45) is 0. The van der Waals surface area contributed by atoms with Gasteiger partial charge in [0.25, 0.3) is 0 Å². The van der Waals surface area contributed by atoms with E-state index in [1.807, 2.05) is 36.4 Å². The number of hydrogen-bond donors (Lipinski definition) is 0. The van der Waals surface area contributed by atoms with Crippen LogP contribution in [0, 0.1) is 0 Å². The van der Waals surface area contributed by atoms with Crippen LogP contribution in [0.2, 0.25) is 0 Å². The third-order valence-electron chi connectivity index (χ3n) is 7.46. The minimum Gasteiger partial charge on any atom is -0.456 e. The summed E-state index contributed by atoms with van der Waals surface area (Å²) in [6.45, 7) is 0. The zero-order valence-corrected chi connectivity index (χ0v) is 21.0. The Kier molecular flexibility index (Phi) is 4.82. The van der Waals surface area contributed by atoms with Crippen LogP contribution >= 0.6 is 0 Å². The molecule has 0 saturated carbocycles. The van der Waals surface area contributed by atoms with Crippen molar-refractivity contribution >= 4 is 60.9 Å². The summed E-state index contributed by atoms with van der Waals surface area (Å²) < 4.78 is 13.0. The van der Waals surface area contributed by atoms with E-state index < -0.39 is 0 Å². The second-order valence-corrected chi connectivity index (χ2v) is 9.72. The van der Waals surface area contributed by atoms with Crippen LogP contribution in [0.4, 0.5) is 17.1 Å². The summed E-state index contributed by atoms with van der Waals surface area (Å²) >= 11 is 0. The van der Waals surface area contributed by atoms with Gasteiger partial charge in [-0.2, -0.15) is 0 Å². The van der Waals surface area contributed by atoms with Gasteiger partial charge in [0.05, 0.1) is 5.69 Å². The van der Waals surface area contributed by atoms with Gasteiger partial charge in [-0.3, -0.25) is 0 Å². The molecule has 0 saturated heterocycles. The maximum absolute atomic E-state index is 6.81. The van der Waals surface area contributed by atoms with Crippen molar-refractivity contribution in [3.05, 3.63) is 140 Å². The van der Waals surface area contributed by atoms with Gasteiger partial charge in [0, 0.05) is 38.5 Å². The average Bonchev–Trinajstić information content (AvgIpc) is 3.57. The van der Waals surface area contributed by atoms with Crippen molar-refractivity contribution in [2.45, 2.75) is 0 Å². The topological polar surface area (TPSA) is 29.5 Å². The lowest BCUT2D eigenvalue weighted by atomic mass is 9.98. The molecule has 0 aliphatic heterocycles. The molecule has 0 aliphatic rings. The Labute approximate surface area is 225 Å². The molecule has 0 spiro atoms. The van der Waals surface area contributed by atoms with Gasteiger partial charge in [0.2, 0.25) is 0 Å². The summed E-state index contributed by atoms with van der Waals surface area (Å²) in [6, 6.07) is 48.2. The molecule has 3 heteroatoms. The normalized spacial score (nSPS) is 11.6. The number of furan rings is 2. The Morgan fingerprint density at radius 2 is 0.974 bits per heavy atom. The third-order valence-corrected chi connectivity index (χ3v) is 7.46. The molecule has 2 heterocycles. The smallest absolute Gasteiger partial charge is 0.160 e. The average molecular weight is 502 g/mol. The van der Waals surface area contributed by atoms with Crippen molar-refractivity contribution in [1.82, 2.24) is 0 Å². The second kappa shape index (κ2) is 8.64. The molecule has 0 atom stereocenters. The van der Waals surface area contributed by atoms with Gasteiger partial charge in [0.15, 0.2) is 5.58 Å². The highest BCUT2D eigenvalue weighted by atomic mass is 16.3. The minimum absolute atomic E-state index is 0.844. The molecule has 8 aromatic rings. The Morgan fingerprint density at radius 1 is 0.410 bits per heavy atom. The maximum Gasteiger partial charge on any atom is 0.160 e. The summed E-state index contributed by atoms with van der Waals surface area (Å²) in [5, 5.41) is 4.33. The zero-order chi connectivity index (χ0) is 25.8. The van der Waals surface area contributed by atoms with E-state index in [1.165, 1.54) is 0 Å². The van der Waals surface area contributed by atoms with Crippen molar-refractivity contribution in [1.29, 1.82) is 0 Å². The quantitative estimate of drug-likeness (QED) is 0.240. The second-order valence-electron chi connectivity index (χ2n) is 9.72. The molecule has 3 nitrogen and oxygen atoms in total. The predicted octanol–water partition coefficient (Wildman–Crippen LogP) is 10.6. The SMILES string of the molecule is c1ccc(-c2ccc3c(oc4ccc5oc6ccccc6c5c43)c2N(c2ccccc2)c2ccccc2)cc1. The van der Waals surface area contributed by atoms with Crippen LogP contribution in [0.15, 0.2) is 148 Å². The number of rotatable bonds is 4. The molecule has 8 rings (SSSR count). The molecule has 184 valence electrons. The molecule has 6 aromatic carbocycles. The van der Waals surface area contributed by atoms with Crippen molar-refractivity contribution in [2.24, 2.45) is 0 Å². The van der Waals surface area contributed by atoms with Crippen LogP contribution in [0.5, 0.6) is 0 Å². The molecular formula is C36H23NO2. The van der Waals surface area contributed by atoms with Crippen molar-refractivity contribution < 1.29 is 8.83 Å². The molecular weight excluding hydrogens is 478 g/mol. The summed E-state index contributed by atoms with van der Waals surface area (Å²) in [5.41, 5.74) is 8.80. The lowest BCUT2D eigenvalue weighted by Gasteiger charge is -2.28. The molecule has 0 amide bonds. The highest BCUT2D eigenvalue weighted by molar-refractivity contribution is 6.27. The number of fused-ring (bicyclic) bond motifs is 7. The van der Waals surface area contributed by atoms with Gasteiger partial charge < -0.3 is 13.7 Å². The number of para-hydroxylation sites is 3. The minimum atomic E-state index is 0.844. The number of anilines is 3. The highest BCUT2D eigenvalue weighted by Crippen LogP contribution is 2.49. The first-order valence-electron chi connectivity index (χ1n) is 13.1. The first-order chi connectivity index (χ1) is 19.4. The van der Waals surface area contributed by atoms with Crippen LogP contribution in [-0.4, -0.2) is 0 Å². The fourth-order valence-electron chi connectivity index (χ4n) is 5.77. The molecule has 2 aromatic heterocycles. The fraction of sp³-hybridized carbons (Fsp3) is 0. The maximum atomic E-state index is 6.81. The van der Waals surface area contributed by atoms with Gasteiger partial charge in [-0.25, -0.2) is 0 Å². The third kappa shape index (κ3) is 3.37. The van der Waals surface area contributed by atoms with Gasteiger partial charge in [0.1, 0.15) is 16.7 Å². The van der Waals surface area contributed by atoms with E-state index in [4.69, 9.17) is 8.83 Å². The first-order valence-corrected chi connectivity index (χ1v) is 13.1. The first kappa shape index (κ1) is 21.8. The lowest BCUT2D eigenvalue weighted by molar-refractivity contribution is 0.663. The van der Waals surface area contributed by atoms with Gasteiger partial charge >= 0.3 is 0 Å². The molecule has 39 heavy (non-hydrogen) atoms. The lowest BCUT2D eigenvalue weighted by Crippen LogP contribution is -2.11. The molecule has 0 N–H and O–H groups in total. The highest BCUT2D eigenvalue weighted by Gasteiger charge is 2.25. The standard InChI is InChI=1S/C36H23NO2/c1-4-12-24(13-5-1)27-20-21-29-34-32(23-22-31-33(34)28-18-10-11-19-30(28)38-31)39-36(29)35(27)37(25-14-6-2-7-15-25)26-16-8-3-9-17-26/h1-23H. The fourth-order valence-corrected chi connectivity index (χ4v) is 5.77. The zero-order valence-electron chi connectivity index (χ0n) is 21.0. The largest absolute Gasteiger partial charge is 0.456 e. The monoisotopic (exact) mass is 501 g/mol. The van der Waals surface area contributed by atoms with Crippen LogP contribution in [0.25, 0.3) is 55.0 Å². The molecule has 0 unspecified atom stereocenters. The Bertz CT molecular complexity index is 2070. The van der Waals surface area contributed by atoms with Crippen LogP contribution in [0.1, 0.15) is 0 Å². The predicted molar refractivity (Wildman–Crippen MR) is 161 cm³/mol. The number of benzene rings is 6. The molecule has 0 fully saturated rings. The Hall–Kier alpha value is -5.28.